The Morgan fingerprint density at radius 2 is 0.885 bits per heavy atom. The number of nitrogens with zero attached hydrogens (tertiary/aromatic N) is 6. The molecule has 242 valence electrons. The zero-order valence-corrected chi connectivity index (χ0v) is 27.8. The maximum atomic E-state index is 4.66. The molecular formula is C46H28N6. The van der Waals surface area contributed by atoms with Gasteiger partial charge < -0.3 is 9.13 Å². The third kappa shape index (κ3) is 4.18. The van der Waals surface area contributed by atoms with Crippen LogP contribution < -0.4 is 0 Å². The minimum atomic E-state index is 0.891. The molecule has 0 aliphatic carbocycles. The molecule has 11 rings (SSSR count). The van der Waals surface area contributed by atoms with Crippen molar-refractivity contribution < 1.29 is 0 Å². The van der Waals surface area contributed by atoms with Crippen LogP contribution in [-0.2, 0) is 0 Å². The Bertz CT molecular complexity index is 3160. The fourth-order valence-electron chi connectivity index (χ4n) is 8.06. The Balaban J connectivity index is 1.13. The van der Waals surface area contributed by atoms with Crippen LogP contribution in [0.15, 0.2) is 170 Å². The van der Waals surface area contributed by atoms with Gasteiger partial charge in [0.2, 0.25) is 0 Å². The molecule has 0 aliphatic rings. The normalized spacial score (nSPS) is 11.8. The molecule has 0 spiro atoms. The molecule has 0 aliphatic heterocycles. The van der Waals surface area contributed by atoms with Gasteiger partial charge in [-0.2, -0.15) is 0 Å². The van der Waals surface area contributed by atoms with Gasteiger partial charge in [0.15, 0.2) is 0 Å². The lowest BCUT2D eigenvalue weighted by molar-refractivity contribution is 1.17. The van der Waals surface area contributed by atoms with Gasteiger partial charge in [-0.3, -0.25) is 19.9 Å². The van der Waals surface area contributed by atoms with Crippen molar-refractivity contribution in [1.29, 1.82) is 0 Å². The maximum absolute atomic E-state index is 4.66. The lowest BCUT2D eigenvalue weighted by Gasteiger charge is -2.12. The quantitative estimate of drug-likeness (QED) is 0.188. The van der Waals surface area contributed by atoms with Gasteiger partial charge in [-0.15, -0.1) is 0 Å². The number of aromatic nitrogens is 6. The van der Waals surface area contributed by atoms with Crippen LogP contribution in [0.3, 0.4) is 0 Å². The molecule has 52 heavy (non-hydrogen) atoms. The van der Waals surface area contributed by atoms with E-state index in [2.05, 4.69) is 138 Å². The summed E-state index contributed by atoms with van der Waals surface area (Å²) in [4.78, 5) is 18.4. The molecular weight excluding hydrogens is 637 g/mol. The molecule has 0 saturated heterocycles. The SMILES string of the molecule is c1cnc2c(-c3ccc(-n4c5ccccc5c5c4ccc4c6ccccc6n(-c6ccc(-c7ccnc8cccnc78)cc6)c45)cc3)ccnc2c1. The van der Waals surface area contributed by atoms with Gasteiger partial charge in [0.25, 0.3) is 0 Å². The Morgan fingerprint density at radius 3 is 1.50 bits per heavy atom. The van der Waals surface area contributed by atoms with Gasteiger partial charge in [0.05, 0.1) is 44.1 Å². The van der Waals surface area contributed by atoms with E-state index in [9.17, 15) is 0 Å². The zero-order chi connectivity index (χ0) is 34.2. The molecule has 11 aromatic rings. The van der Waals surface area contributed by atoms with E-state index in [1.54, 1.807) is 0 Å². The van der Waals surface area contributed by atoms with Crippen molar-refractivity contribution in [2.75, 3.05) is 0 Å². The summed E-state index contributed by atoms with van der Waals surface area (Å²) in [6.07, 6.45) is 7.37. The van der Waals surface area contributed by atoms with E-state index >= 15 is 0 Å². The molecule has 6 nitrogen and oxygen atoms in total. The van der Waals surface area contributed by atoms with E-state index < -0.39 is 0 Å². The van der Waals surface area contributed by atoms with Crippen LogP contribution in [0.25, 0.3) is 99.3 Å². The molecule has 6 heteroatoms. The highest BCUT2D eigenvalue weighted by molar-refractivity contribution is 6.26. The standard InChI is InChI=1S/C46H28N6/c1-3-11-40-35(7-1)36-21-22-42-43(46(36)52(40)32-19-15-30(16-20-32)34-24-28-48-39-10-6-26-50-45(34)39)37-8-2-4-12-41(37)51(42)31-17-13-29(14-18-31)33-23-27-47-38-9-5-25-49-44(33)38/h1-28H. The van der Waals surface area contributed by atoms with Gasteiger partial charge >= 0.3 is 0 Å². The summed E-state index contributed by atoms with van der Waals surface area (Å²) < 4.78 is 4.82. The summed E-state index contributed by atoms with van der Waals surface area (Å²) in [6, 6.07) is 51.7. The highest BCUT2D eigenvalue weighted by Gasteiger charge is 2.21. The van der Waals surface area contributed by atoms with Crippen molar-refractivity contribution in [2.45, 2.75) is 0 Å². The fraction of sp³-hybridized carbons (Fsp3) is 0. The molecule has 6 heterocycles. The first-order valence-corrected chi connectivity index (χ1v) is 17.4. The molecule has 0 radical (unpaired) electrons. The van der Waals surface area contributed by atoms with Crippen molar-refractivity contribution >= 4 is 65.7 Å². The van der Waals surface area contributed by atoms with Crippen molar-refractivity contribution in [2.24, 2.45) is 0 Å². The van der Waals surface area contributed by atoms with Crippen LogP contribution in [0.5, 0.6) is 0 Å². The lowest BCUT2D eigenvalue weighted by atomic mass is 10.0. The predicted molar refractivity (Wildman–Crippen MR) is 212 cm³/mol. The Hall–Kier alpha value is -7.18. The first-order chi connectivity index (χ1) is 25.8. The second kappa shape index (κ2) is 11.2. The molecule has 0 unspecified atom stereocenters. The van der Waals surface area contributed by atoms with Crippen LogP contribution >= 0.6 is 0 Å². The molecule has 0 fully saturated rings. The number of hydrogen-bond donors (Lipinski definition) is 0. The number of pyridine rings is 4. The van der Waals surface area contributed by atoms with Crippen molar-refractivity contribution in [3.05, 3.63) is 170 Å². The topological polar surface area (TPSA) is 61.4 Å². The van der Waals surface area contributed by atoms with Crippen LogP contribution in [0, 0.1) is 0 Å². The lowest BCUT2D eigenvalue weighted by Crippen LogP contribution is -1.96. The monoisotopic (exact) mass is 664 g/mol. The van der Waals surface area contributed by atoms with Gasteiger partial charge in [-0.1, -0.05) is 66.7 Å². The minimum Gasteiger partial charge on any atom is -0.309 e. The van der Waals surface area contributed by atoms with Gasteiger partial charge in [0, 0.05) is 68.8 Å². The first-order valence-electron chi connectivity index (χ1n) is 17.4. The van der Waals surface area contributed by atoms with Crippen LogP contribution in [0.2, 0.25) is 0 Å². The Kier molecular flexibility index (Phi) is 6.15. The van der Waals surface area contributed by atoms with Crippen molar-refractivity contribution in [3.8, 4) is 33.6 Å². The summed E-state index contributed by atoms with van der Waals surface area (Å²) in [5.41, 5.74) is 14.9. The fourth-order valence-corrected chi connectivity index (χ4v) is 8.06. The van der Waals surface area contributed by atoms with E-state index in [0.717, 1.165) is 66.7 Å². The van der Waals surface area contributed by atoms with E-state index in [0.29, 0.717) is 0 Å². The van der Waals surface area contributed by atoms with Crippen molar-refractivity contribution in [3.63, 3.8) is 0 Å². The third-order valence-corrected chi connectivity index (χ3v) is 10.3. The Labute approximate surface area is 297 Å². The smallest absolute Gasteiger partial charge is 0.0964 e. The second-order valence-electron chi connectivity index (χ2n) is 13.1. The summed E-state index contributed by atoms with van der Waals surface area (Å²) in [7, 11) is 0. The number of fused-ring (bicyclic) bond motifs is 9. The molecule has 0 N–H and O–H groups in total. The van der Waals surface area contributed by atoms with Gasteiger partial charge in [-0.05, 0) is 90.0 Å². The van der Waals surface area contributed by atoms with E-state index in [4.69, 9.17) is 0 Å². The van der Waals surface area contributed by atoms with Gasteiger partial charge in [0.1, 0.15) is 0 Å². The summed E-state index contributed by atoms with van der Waals surface area (Å²) in [5, 5.41) is 4.90. The number of benzene rings is 5. The second-order valence-corrected chi connectivity index (χ2v) is 13.1. The summed E-state index contributed by atoms with van der Waals surface area (Å²) >= 11 is 0. The van der Waals surface area contributed by atoms with Crippen LogP contribution in [-0.4, -0.2) is 29.1 Å². The Morgan fingerprint density at radius 1 is 0.346 bits per heavy atom. The van der Waals surface area contributed by atoms with E-state index in [1.807, 2.05) is 61.2 Å². The summed E-state index contributed by atoms with van der Waals surface area (Å²) in [5.74, 6) is 0. The number of rotatable bonds is 4. The largest absolute Gasteiger partial charge is 0.309 e. The molecule has 6 aromatic heterocycles. The molecule has 5 aromatic carbocycles. The highest BCUT2D eigenvalue weighted by Crippen LogP contribution is 2.42. The van der Waals surface area contributed by atoms with E-state index in [-0.39, 0.29) is 0 Å². The average molecular weight is 665 g/mol. The zero-order valence-electron chi connectivity index (χ0n) is 27.8. The third-order valence-electron chi connectivity index (χ3n) is 10.3. The highest BCUT2D eigenvalue weighted by atomic mass is 15.0. The number of para-hydroxylation sites is 2. The van der Waals surface area contributed by atoms with Crippen LogP contribution in [0.4, 0.5) is 0 Å². The van der Waals surface area contributed by atoms with Crippen LogP contribution in [0.1, 0.15) is 0 Å². The minimum absolute atomic E-state index is 0.891. The van der Waals surface area contributed by atoms with E-state index in [1.165, 1.54) is 32.6 Å². The van der Waals surface area contributed by atoms with Crippen molar-refractivity contribution in [1.82, 2.24) is 29.1 Å². The number of hydrogen-bond acceptors (Lipinski definition) is 4. The molecule has 0 bridgehead atoms. The first kappa shape index (κ1) is 28.6. The molecule has 0 saturated carbocycles. The molecule has 0 amide bonds. The predicted octanol–water partition coefficient (Wildman–Crippen LogP) is 11.1. The van der Waals surface area contributed by atoms with Gasteiger partial charge in [-0.25, -0.2) is 0 Å². The molecule has 0 atom stereocenters. The summed E-state index contributed by atoms with van der Waals surface area (Å²) in [6.45, 7) is 0. The average Bonchev–Trinajstić information content (AvgIpc) is 3.74. The maximum Gasteiger partial charge on any atom is 0.0964 e.